The van der Waals surface area contributed by atoms with Crippen LogP contribution in [0.5, 0.6) is 0 Å². The molecule has 1 aromatic carbocycles. The average molecular weight is 350 g/mol. The highest BCUT2D eigenvalue weighted by atomic mass is 16.3. The molecule has 0 aliphatic carbocycles. The van der Waals surface area contributed by atoms with Gasteiger partial charge in [0.15, 0.2) is 0 Å². The van der Waals surface area contributed by atoms with Gasteiger partial charge in [0.05, 0.1) is 16.8 Å². The summed E-state index contributed by atoms with van der Waals surface area (Å²) in [6.07, 6.45) is 0. The van der Waals surface area contributed by atoms with Crippen LogP contribution < -0.4 is 10.6 Å². The number of anilines is 2. The zero-order chi connectivity index (χ0) is 19.2. The number of hydrogen-bond acceptors (Lipinski definition) is 4. The summed E-state index contributed by atoms with van der Waals surface area (Å²) in [6, 6.07) is 8.61. The Morgan fingerprint density at radius 2 is 1.54 bits per heavy atom. The lowest BCUT2D eigenvalue weighted by Gasteiger charge is -2.13. The molecule has 1 aliphatic rings. The van der Waals surface area contributed by atoms with Crippen LogP contribution in [0.1, 0.15) is 37.9 Å². The van der Waals surface area contributed by atoms with Crippen molar-refractivity contribution in [2.24, 2.45) is 0 Å². The van der Waals surface area contributed by atoms with E-state index in [1.807, 2.05) is 40.7 Å². The van der Waals surface area contributed by atoms with E-state index in [2.05, 4.69) is 0 Å². The molecule has 26 heavy (non-hydrogen) atoms. The number of nitrogen functional groups attached to an aromatic ring is 1. The lowest BCUT2D eigenvalue weighted by Crippen LogP contribution is -2.29. The molecule has 0 bridgehead atoms. The fraction of sp³-hybridized carbons (Fsp3) is 0.238. The molecule has 1 aromatic heterocycles. The van der Waals surface area contributed by atoms with Gasteiger partial charge in [-0.05, 0) is 70.5 Å². The molecule has 5 nitrogen and oxygen atoms in total. The molecule has 0 saturated carbocycles. The normalized spacial score (nSPS) is 16.5. The van der Waals surface area contributed by atoms with Crippen molar-refractivity contribution in [1.29, 1.82) is 0 Å². The SMILES string of the molecule is CC(C)=C1C(=O)N(c2ccc(N)cc2)C(=O)C1=C(C)c1cc(C)oc1C. The largest absolute Gasteiger partial charge is 0.466 e. The zero-order valence-electron chi connectivity index (χ0n) is 15.6. The van der Waals surface area contributed by atoms with E-state index < -0.39 is 0 Å². The Bertz CT molecular complexity index is 971. The van der Waals surface area contributed by atoms with Gasteiger partial charge in [-0.2, -0.15) is 0 Å². The Hall–Kier alpha value is -3.08. The number of rotatable bonds is 2. The van der Waals surface area contributed by atoms with Gasteiger partial charge in [-0.25, -0.2) is 4.90 Å². The van der Waals surface area contributed by atoms with Crippen molar-refractivity contribution in [2.75, 3.05) is 10.6 Å². The molecule has 5 heteroatoms. The van der Waals surface area contributed by atoms with Gasteiger partial charge in [-0.3, -0.25) is 9.59 Å². The smallest absolute Gasteiger partial charge is 0.266 e. The van der Waals surface area contributed by atoms with E-state index in [9.17, 15) is 9.59 Å². The fourth-order valence-electron chi connectivity index (χ4n) is 3.34. The zero-order valence-corrected chi connectivity index (χ0v) is 15.6. The number of hydrogen-bond donors (Lipinski definition) is 1. The Morgan fingerprint density at radius 3 is 2.04 bits per heavy atom. The van der Waals surface area contributed by atoms with Crippen LogP contribution in [0.3, 0.4) is 0 Å². The first-order chi connectivity index (χ1) is 12.2. The van der Waals surface area contributed by atoms with E-state index >= 15 is 0 Å². The second kappa shape index (κ2) is 6.33. The topological polar surface area (TPSA) is 76.5 Å². The van der Waals surface area contributed by atoms with Gasteiger partial charge in [-0.1, -0.05) is 5.57 Å². The molecule has 1 fully saturated rings. The minimum absolute atomic E-state index is 0.313. The molecule has 1 aliphatic heterocycles. The molecule has 2 aromatic rings. The number of allylic oxidation sites excluding steroid dienone is 2. The van der Waals surface area contributed by atoms with Crippen molar-refractivity contribution in [1.82, 2.24) is 0 Å². The quantitative estimate of drug-likeness (QED) is 0.501. The van der Waals surface area contributed by atoms with Gasteiger partial charge in [0, 0.05) is 11.3 Å². The number of aryl methyl sites for hydroxylation is 2. The monoisotopic (exact) mass is 350 g/mol. The third-order valence-corrected chi connectivity index (χ3v) is 4.56. The van der Waals surface area contributed by atoms with Crippen molar-refractivity contribution in [3.8, 4) is 0 Å². The molecule has 0 unspecified atom stereocenters. The van der Waals surface area contributed by atoms with Crippen LogP contribution in [0, 0.1) is 13.8 Å². The highest BCUT2D eigenvalue weighted by molar-refractivity contribution is 6.39. The summed E-state index contributed by atoms with van der Waals surface area (Å²) < 4.78 is 5.60. The molecular weight excluding hydrogens is 328 g/mol. The first-order valence-corrected chi connectivity index (χ1v) is 8.42. The Morgan fingerprint density at radius 1 is 0.962 bits per heavy atom. The number of nitrogens with two attached hydrogens (primary N) is 1. The van der Waals surface area contributed by atoms with E-state index in [0.29, 0.717) is 22.5 Å². The predicted octanol–water partition coefficient (Wildman–Crippen LogP) is 4.16. The minimum Gasteiger partial charge on any atom is -0.466 e. The molecule has 0 spiro atoms. The maximum absolute atomic E-state index is 13.2. The number of furan rings is 1. The van der Waals surface area contributed by atoms with Crippen molar-refractivity contribution in [3.05, 3.63) is 64.1 Å². The van der Waals surface area contributed by atoms with E-state index in [4.69, 9.17) is 10.2 Å². The predicted molar refractivity (Wildman–Crippen MR) is 102 cm³/mol. The Kier molecular flexibility index (Phi) is 4.32. The lowest BCUT2D eigenvalue weighted by atomic mass is 9.95. The maximum atomic E-state index is 13.2. The fourth-order valence-corrected chi connectivity index (χ4v) is 3.34. The molecule has 134 valence electrons. The molecule has 1 saturated heterocycles. The van der Waals surface area contributed by atoms with Crippen molar-refractivity contribution in [3.63, 3.8) is 0 Å². The van der Waals surface area contributed by atoms with Crippen LogP contribution in [0.15, 0.2) is 51.5 Å². The summed E-state index contributed by atoms with van der Waals surface area (Å²) in [6.45, 7) is 9.25. The van der Waals surface area contributed by atoms with Gasteiger partial charge >= 0.3 is 0 Å². The van der Waals surface area contributed by atoms with E-state index in [-0.39, 0.29) is 11.8 Å². The number of imide groups is 1. The van der Waals surface area contributed by atoms with Crippen LogP contribution >= 0.6 is 0 Å². The van der Waals surface area contributed by atoms with Crippen LogP contribution in [0.2, 0.25) is 0 Å². The Balaban J connectivity index is 2.22. The average Bonchev–Trinajstić information content (AvgIpc) is 3.04. The molecule has 0 atom stereocenters. The van der Waals surface area contributed by atoms with Gasteiger partial charge in [0.1, 0.15) is 11.5 Å². The molecule has 2 N–H and O–H groups in total. The Labute approximate surface area is 152 Å². The van der Waals surface area contributed by atoms with Gasteiger partial charge < -0.3 is 10.2 Å². The molecule has 2 heterocycles. The first kappa shape index (κ1) is 17.7. The summed E-state index contributed by atoms with van der Waals surface area (Å²) in [5.74, 6) is 0.855. The summed E-state index contributed by atoms with van der Waals surface area (Å²) in [7, 11) is 0. The van der Waals surface area contributed by atoms with Crippen LogP contribution in [0.25, 0.3) is 5.57 Å². The summed E-state index contributed by atoms with van der Waals surface area (Å²) in [5, 5.41) is 0. The molecular formula is C21H22N2O3. The van der Waals surface area contributed by atoms with Gasteiger partial charge in [0.2, 0.25) is 0 Å². The minimum atomic E-state index is -0.327. The number of amides is 2. The summed E-state index contributed by atoms with van der Waals surface area (Å²) >= 11 is 0. The molecule has 3 rings (SSSR count). The number of carbonyl (C=O) groups is 2. The highest BCUT2D eigenvalue weighted by Crippen LogP contribution is 2.37. The lowest BCUT2D eigenvalue weighted by molar-refractivity contribution is -0.119. The first-order valence-electron chi connectivity index (χ1n) is 8.42. The van der Waals surface area contributed by atoms with E-state index in [1.165, 1.54) is 4.90 Å². The maximum Gasteiger partial charge on any atom is 0.266 e. The third kappa shape index (κ3) is 2.75. The second-order valence-corrected chi connectivity index (χ2v) is 6.74. The van der Waals surface area contributed by atoms with Gasteiger partial charge in [-0.15, -0.1) is 0 Å². The molecule has 0 radical (unpaired) electrons. The van der Waals surface area contributed by atoms with Crippen molar-refractivity contribution < 1.29 is 14.0 Å². The van der Waals surface area contributed by atoms with E-state index in [1.54, 1.807) is 24.3 Å². The highest BCUT2D eigenvalue weighted by Gasteiger charge is 2.41. The van der Waals surface area contributed by atoms with Crippen LogP contribution in [0.4, 0.5) is 11.4 Å². The molecule has 2 amide bonds. The number of carbonyl (C=O) groups excluding carboxylic acids is 2. The van der Waals surface area contributed by atoms with Crippen LogP contribution in [-0.2, 0) is 9.59 Å². The number of nitrogens with zero attached hydrogens (tertiary/aromatic N) is 1. The summed E-state index contributed by atoms with van der Waals surface area (Å²) in [5.41, 5.74) is 10.1. The van der Waals surface area contributed by atoms with Gasteiger partial charge in [0.25, 0.3) is 11.8 Å². The van der Waals surface area contributed by atoms with Crippen LogP contribution in [-0.4, -0.2) is 11.8 Å². The summed E-state index contributed by atoms with van der Waals surface area (Å²) in [4.78, 5) is 27.4. The van der Waals surface area contributed by atoms with Crippen molar-refractivity contribution >= 4 is 28.8 Å². The standard InChI is InChI=1S/C21H22N2O3/c1-11(2)18-19(13(4)17-10-12(3)26-14(17)5)21(25)23(20(18)24)16-8-6-15(22)7-9-16/h6-10H,22H2,1-5H3. The van der Waals surface area contributed by atoms with Crippen molar-refractivity contribution in [2.45, 2.75) is 34.6 Å². The third-order valence-electron chi connectivity index (χ3n) is 4.56. The van der Waals surface area contributed by atoms with E-state index in [0.717, 1.165) is 28.2 Å². The number of benzene rings is 1. The second-order valence-electron chi connectivity index (χ2n) is 6.74.